The highest BCUT2D eigenvalue weighted by Gasteiger charge is 2.12. The summed E-state index contributed by atoms with van der Waals surface area (Å²) < 4.78 is 10.5. The Bertz CT molecular complexity index is 985. The van der Waals surface area contributed by atoms with E-state index in [1.807, 2.05) is 19.9 Å². The molecule has 3 rings (SSSR count). The van der Waals surface area contributed by atoms with E-state index >= 15 is 0 Å². The molecule has 3 aromatic rings. The highest BCUT2D eigenvalue weighted by atomic mass is 16.5. The average Bonchev–Trinajstić information content (AvgIpc) is 2.54. The fraction of sp³-hybridized carbons (Fsp3) is 0.158. The third-order valence-corrected chi connectivity index (χ3v) is 3.89. The van der Waals surface area contributed by atoms with Crippen LogP contribution >= 0.6 is 0 Å². The zero-order valence-corrected chi connectivity index (χ0v) is 13.3. The lowest BCUT2D eigenvalue weighted by Crippen LogP contribution is -2.08. The SMILES string of the molecule is Cc1cc2oc(=O)cc(COC(=O)c3cccc(O)c3)c2cc1C. The quantitative estimate of drug-likeness (QED) is 0.589. The number of carbonyl (C=O) groups is 1. The summed E-state index contributed by atoms with van der Waals surface area (Å²) in [5.74, 6) is -0.586. The van der Waals surface area contributed by atoms with Crippen molar-refractivity contribution in [3.8, 4) is 5.75 Å². The smallest absolute Gasteiger partial charge is 0.338 e. The topological polar surface area (TPSA) is 76.7 Å². The van der Waals surface area contributed by atoms with Crippen molar-refractivity contribution < 1.29 is 19.1 Å². The molecule has 5 nitrogen and oxygen atoms in total. The van der Waals surface area contributed by atoms with Gasteiger partial charge in [-0.3, -0.25) is 0 Å². The second kappa shape index (κ2) is 6.20. The number of phenolic OH excluding ortho intramolecular Hbond substituents is 1. The van der Waals surface area contributed by atoms with Crippen LogP contribution in [0.2, 0.25) is 0 Å². The van der Waals surface area contributed by atoms with E-state index in [1.54, 1.807) is 18.2 Å². The van der Waals surface area contributed by atoms with Crippen molar-refractivity contribution in [2.45, 2.75) is 20.5 Å². The van der Waals surface area contributed by atoms with Gasteiger partial charge >= 0.3 is 11.6 Å². The van der Waals surface area contributed by atoms with E-state index in [9.17, 15) is 14.7 Å². The number of esters is 1. The van der Waals surface area contributed by atoms with Gasteiger partial charge in [0.05, 0.1) is 5.56 Å². The Morgan fingerprint density at radius 1 is 1.12 bits per heavy atom. The molecule has 0 amide bonds. The van der Waals surface area contributed by atoms with Gasteiger partial charge in [0.2, 0.25) is 0 Å². The molecule has 1 aromatic heterocycles. The van der Waals surface area contributed by atoms with Crippen LogP contribution < -0.4 is 5.63 Å². The van der Waals surface area contributed by atoms with Crippen LogP contribution in [0.15, 0.2) is 51.7 Å². The van der Waals surface area contributed by atoms with Crippen molar-refractivity contribution in [3.05, 3.63) is 75.1 Å². The van der Waals surface area contributed by atoms with Gasteiger partial charge in [0.1, 0.15) is 17.9 Å². The molecule has 1 N–H and O–H groups in total. The predicted octanol–water partition coefficient (Wildman–Crippen LogP) is 3.47. The first-order valence-corrected chi connectivity index (χ1v) is 7.44. The normalized spacial score (nSPS) is 10.8. The number of aryl methyl sites for hydroxylation is 2. The second-order valence-corrected chi connectivity index (χ2v) is 5.65. The molecule has 0 saturated carbocycles. The molecular formula is C19H16O5. The fourth-order valence-electron chi connectivity index (χ4n) is 2.46. The molecule has 0 aliphatic rings. The Balaban J connectivity index is 1.91. The molecule has 5 heteroatoms. The maximum Gasteiger partial charge on any atom is 0.338 e. The minimum absolute atomic E-state index is 0.0126. The van der Waals surface area contributed by atoms with E-state index in [2.05, 4.69) is 0 Å². The van der Waals surface area contributed by atoms with Gasteiger partial charge in [0.25, 0.3) is 0 Å². The summed E-state index contributed by atoms with van der Waals surface area (Å²) >= 11 is 0. The molecule has 0 aliphatic heterocycles. The lowest BCUT2D eigenvalue weighted by atomic mass is 10.0. The number of fused-ring (bicyclic) bond motifs is 1. The number of aromatic hydroxyl groups is 1. The molecule has 0 fully saturated rings. The molecule has 0 bridgehead atoms. The van der Waals surface area contributed by atoms with Gasteiger partial charge in [-0.15, -0.1) is 0 Å². The Labute approximate surface area is 138 Å². The van der Waals surface area contributed by atoms with Crippen molar-refractivity contribution >= 4 is 16.9 Å². The summed E-state index contributed by atoms with van der Waals surface area (Å²) in [6, 6.07) is 10.9. The van der Waals surface area contributed by atoms with Gasteiger partial charge in [0.15, 0.2) is 0 Å². The van der Waals surface area contributed by atoms with Crippen LogP contribution in [0.5, 0.6) is 5.75 Å². The Hall–Kier alpha value is -3.08. The average molecular weight is 324 g/mol. The van der Waals surface area contributed by atoms with Crippen LogP contribution in [0.1, 0.15) is 27.0 Å². The summed E-state index contributed by atoms with van der Waals surface area (Å²) in [5.41, 5.74) is 2.87. The highest BCUT2D eigenvalue weighted by Crippen LogP contribution is 2.22. The van der Waals surface area contributed by atoms with Gasteiger partial charge in [-0.25, -0.2) is 9.59 Å². The Morgan fingerprint density at radius 2 is 1.88 bits per heavy atom. The lowest BCUT2D eigenvalue weighted by Gasteiger charge is -2.09. The molecule has 0 spiro atoms. The fourth-order valence-corrected chi connectivity index (χ4v) is 2.46. The minimum Gasteiger partial charge on any atom is -0.508 e. The van der Waals surface area contributed by atoms with Crippen molar-refractivity contribution in [3.63, 3.8) is 0 Å². The molecule has 0 aliphatic carbocycles. The summed E-state index contributed by atoms with van der Waals surface area (Å²) in [5, 5.41) is 10.2. The standard InChI is InChI=1S/C19H16O5/c1-11-6-16-14(9-18(21)24-17(16)7-12(11)2)10-23-19(22)13-4-3-5-15(20)8-13/h3-9,20H,10H2,1-2H3. The van der Waals surface area contributed by atoms with Crippen molar-refractivity contribution in [2.75, 3.05) is 0 Å². The number of phenols is 1. The van der Waals surface area contributed by atoms with Gasteiger partial charge in [-0.05, 0) is 55.3 Å². The van der Waals surface area contributed by atoms with Crippen molar-refractivity contribution in [1.29, 1.82) is 0 Å². The van der Waals surface area contributed by atoms with E-state index in [0.717, 1.165) is 16.5 Å². The maximum absolute atomic E-state index is 12.1. The van der Waals surface area contributed by atoms with Gasteiger partial charge < -0.3 is 14.3 Å². The maximum atomic E-state index is 12.1. The number of ether oxygens (including phenoxy) is 1. The highest BCUT2D eigenvalue weighted by molar-refractivity contribution is 5.90. The molecule has 122 valence electrons. The van der Waals surface area contributed by atoms with Crippen LogP contribution in [-0.2, 0) is 11.3 Å². The van der Waals surface area contributed by atoms with E-state index in [0.29, 0.717) is 11.1 Å². The van der Waals surface area contributed by atoms with Crippen molar-refractivity contribution in [1.82, 2.24) is 0 Å². The third kappa shape index (κ3) is 3.15. The molecular weight excluding hydrogens is 308 g/mol. The van der Waals surface area contributed by atoms with E-state index in [1.165, 1.54) is 18.2 Å². The van der Waals surface area contributed by atoms with Crippen LogP contribution in [-0.4, -0.2) is 11.1 Å². The Morgan fingerprint density at radius 3 is 2.62 bits per heavy atom. The van der Waals surface area contributed by atoms with Gasteiger partial charge in [0, 0.05) is 17.0 Å². The molecule has 2 aromatic carbocycles. The van der Waals surface area contributed by atoms with Crippen LogP contribution in [0.25, 0.3) is 11.0 Å². The zero-order chi connectivity index (χ0) is 17.3. The van der Waals surface area contributed by atoms with Gasteiger partial charge in [-0.1, -0.05) is 6.07 Å². The first-order chi connectivity index (χ1) is 11.4. The third-order valence-electron chi connectivity index (χ3n) is 3.89. The second-order valence-electron chi connectivity index (χ2n) is 5.65. The van der Waals surface area contributed by atoms with Crippen molar-refractivity contribution in [2.24, 2.45) is 0 Å². The molecule has 0 saturated heterocycles. The monoisotopic (exact) mass is 324 g/mol. The summed E-state index contributed by atoms with van der Waals surface area (Å²) in [6.45, 7) is 3.84. The van der Waals surface area contributed by atoms with Crippen LogP contribution in [0.4, 0.5) is 0 Å². The molecule has 0 unspecified atom stereocenters. The largest absolute Gasteiger partial charge is 0.508 e. The number of hydrogen-bond donors (Lipinski definition) is 1. The zero-order valence-electron chi connectivity index (χ0n) is 13.3. The summed E-state index contributed by atoms with van der Waals surface area (Å²) in [7, 11) is 0. The molecule has 0 atom stereocenters. The number of benzene rings is 2. The number of carbonyl (C=O) groups excluding carboxylic acids is 1. The molecule has 1 heterocycles. The van der Waals surface area contributed by atoms with E-state index in [-0.39, 0.29) is 17.9 Å². The van der Waals surface area contributed by atoms with Gasteiger partial charge in [-0.2, -0.15) is 0 Å². The summed E-state index contributed by atoms with van der Waals surface area (Å²) in [6.07, 6.45) is 0. The van der Waals surface area contributed by atoms with Crippen LogP contribution in [0, 0.1) is 13.8 Å². The van der Waals surface area contributed by atoms with Crippen LogP contribution in [0.3, 0.4) is 0 Å². The number of rotatable bonds is 3. The van der Waals surface area contributed by atoms with E-state index < -0.39 is 11.6 Å². The predicted molar refractivity (Wildman–Crippen MR) is 89.2 cm³/mol. The van der Waals surface area contributed by atoms with E-state index in [4.69, 9.17) is 9.15 Å². The lowest BCUT2D eigenvalue weighted by molar-refractivity contribution is 0.0473. The first kappa shape index (κ1) is 15.8. The molecule has 0 radical (unpaired) electrons. The summed E-state index contributed by atoms with van der Waals surface area (Å²) in [4.78, 5) is 23.8. The Kier molecular flexibility index (Phi) is 4.08. The minimum atomic E-state index is -0.573. The molecule has 24 heavy (non-hydrogen) atoms. The number of hydrogen-bond acceptors (Lipinski definition) is 5. The first-order valence-electron chi connectivity index (χ1n) is 7.44.